The van der Waals surface area contributed by atoms with Crippen molar-refractivity contribution in [2.24, 2.45) is 0 Å². The van der Waals surface area contributed by atoms with Crippen LogP contribution in [-0.2, 0) is 11.3 Å². The van der Waals surface area contributed by atoms with E-state index in [1.807, 2.05) is 0 Å². The van der Waals surface area contributed by atoms with E-state index in [1.54, 1.807) is 45.9 Å². The van der Waals surface area contributed by atoms with Gasteiger partial charge in [-0.2, -0.15) is 0 Å². The highest BCUT2D eigenvalue weighted by molar-refractivity contribution is 5.68. The molecule has 0 aliphatic heterocycles. The Hall–Kier alpha value is -1.82. The van der Waals surface area contributed by atoms with Crippen LogP contribution in [0.4, 0.5) is 9.28 Å². The third kappa shape index (κ3) is 6.94. The number of carbonyl (C=O) groups is 1. The van der Waals surface area contributed by atoms with Crippen LogP contribution in [0.5, 0.6) is 5.75 Å². The molecule has 1 aromatic carbocycles. The van der Waals surface area contributed by atoms with Crippen molar-refractivity contribution in [1.82, 2.24) is 10.4 Å². The summed E-state index contributed by atoms with van der Waals surface area (Å²) in [7, 11) is 0. The normalized spacial score (nSPS) is 13.0. The van der Waals surface area contributed by atoms with Gasteiger partial charge in [-0.05, 0) is 33.8 Å². The lowest BCUT2D eigenvalue weighted by molar-refractivity contribution is 0.00390. The van der Waals surface area contributed by atoms with Crippen LogP contribution in [-0.4, -0.2) is 34.5 Å². The number of phenols is 1. The average Bonchev–Trinajstić information content (AvgIpc) is 2.28. The number of para-hydroxylation sites is 1. The fraction of sp³-hybridized carbons (Fsp3) is 0.533. The van der Waals surface area contributed by atoms with Gasteiger partial charge < -0.3 is 15.2 Å². The number of rotatable bonds is 5. The molecule has 0 aliphatic rings. The van der Waals surface area contributed by atoms with Crippen molar-refractivity contribution in [3.63, 3.8) is 0 Å². The molecule has 0 saturated carbocycles. The van der Waals surface area contributed by atoms with Gasteiger partial charge in [0.25, 0.3) is 0 Å². The molecule has 6 heteroatoms. The Kier molecular flexibility index (Phi) is 5.96. The molecule has 0 saturated heterocycles. The largest absolute Gasteiger partial charge is 0.508 e. The standard InChI is InChI=1S/C15H23FN2O3/c1-11(17-14(20)21-15(2,3)4)9-18(16)10-12-7-5-6-8-13(12)19/h5-8,11,19H,9-10H2,1-4H3,(H,17,20). The summed E-state index contributed by atoms with van der Waals surface area (Å²) < 4.78 is 18.9. The lowest BCUT2D eigenvalue weighted by Crippen LogP contribution is -2.42. The average molecular weight is 298 g/mol. The number of hydrogen-bond acceptors (Lipinski definition) is 4. The molecule has 1 aromatic rings. The Morgan fingerprint density at radius 2 is 2.05 bits per heavy atom. The predicted molar refractivity (Wildman–Crippen MR) is 78.5 cm³/mol. The summed E-state index contributed by atoms with van der Waals surface area (Å²) in [6.45, 7) is 6.91. The molecule has 1 unspecified atom stereocenters. The number of halogens is 1. The van der Waals surface area contributed by atoms with E-state index in [-0.39, 0.29) is 18.8 Å². The van der Waals surface area contributed by atoms with Gasteiger partial charge in [-0.15, -0.1) is 9.60 Å². The molecule has 0 aromatic heterocycles. The van der Waals surface area contributed by atoms with Gasteiger partial charge >= 0.3 is 6.09 Å². The van der Waals surface area contributed by atoms with Crippen LogP contribution in [0.3, 0.4) is 0 Å². The van der Waals surface area contributed by atoms with Crippen LogP contribution < -0.4 is 5.32 Å². The monoisotopic (exact) mass is 298 g/mol. The first kappa shape index (κ1) is 17.2. The number of nitrogens with zero attached hydrogens (tertiary/aromatic N) is 1. The van der Waals surface area contributed by atoms with E-state index in [0.717, 1.165) is 0 Å². The number of benzene rings is 1. The molecule has 118 valence electrons. The second-order valence-corrected chi connectivity index (χ2v) is 5.98. The minimum absolute atomic E-state index is 0.00637. The number of hydrogen-bond donors (Lipinski definition) is 2. The zero-order valence-corrected chi connectivity index (χ0v) is 12.9. The number of carbonyl (C=O) groups excluding carboxylic acids is 1. The Morgan fingerprint density at radius 3 is 2.62 bits per heavy atom. The predicted octanol–water partition coefficient (Wildman–Crippen LogP) is 2.99. The maximum Gasteiger partial charge on any atom is 0.407 e. The third-order valence-electron chi connectivity index (χ3n) is 2.57. The van der Waals surface area contributed by atoms with Gasteiger partial charge in [0.1, 0.15) is 11.4 Å². The highest BCUT2D eigenvalue weighted by atomic mass is 19.2. The molecule has 21 heavy (non-hydrogen) atoms. The zero-order chi connectivity index (χ0) is 16.0. The summed E-state index contributed by atoms with van der Waals surface area (Å²) in [4.78, 5) is 11.5. The second kappa shape index (κ2) is 7.26. The molecule has 0 spiro atoms. The van der Waals surface area contributed by atoms with E-state index in [2.05, 4.69) is 5.32 Å². The molecule has 0 aliphatic carbocycles. The topological polar surface area (TPSA) is 61.8 Å². The van der Waals surface area contributed by atoms with Crippen molar-refractivity contribution in [2.45, 2.75) is 45.9 Å². The Bertz CT molecular complexity index is 474. The van der Waals surface area contributed by atoms with E-state index in [4.69, 9.17) is 4.74 Å². The number of aromatic hydroxyl groups is 1. The van der Waals surface area contributed by atoms with Crippen molar-refractivity contribution in [3.8, 4) is 5.75 Å². The van der Waals surface area contributed by atoms with Crippen molar-refractivity contribution in [1.29, 1.82) is 0 Å². The molecule has 1 rings (SSSR count). The number of alkyl carbamates (subject to hydrolysis) is 1. The van der Waals surface area contributed by atoms with Crippen molar-refractivity contribution < 1.29 is 19.1 Å². The van der Waals surface area contributed by atoms with E-state index < -0.39 is 17.7 Å². The van der Waals surface area contributed by atoms with Crippen molar-refractivity contribution in [3.05, 3.63) is 29.8 Å². The molecule has 0 heterocycles. The first-order valence-electron chi connectivity index (χ1n) is 6.84. The number of phenolic OH excluding ortho intramolecular Hbond substituents is 1. The first-order valence-corrected chi connectivity index (χ1v) is 6.84. The van der Waals surface area contributed by atoms with Gasteiger partial charge in [0.2, 0.25) is 0 Å². The van der Waals surface area contributed by atoms with Gasteiger partial charge in [-0.3, -0.25) is 0 Å². The van der Waals surface area contributed by atoms with E-state index in [0.29, 0.717) is 10.7 Å². The highest BCUT2D eigenvalue weighted by Gasteiger charge is 2.19. The first-order chi connectivity index (χ1) is 9.67. The van der Waals surface area contributed by atoms with Crippen LogP contribution in [0, 0.1) is 0 Å². The second-order valence-electron chi connectivity index (χ2n) is 5.98. The van der Waals surface area contributed by atoms with Crippen molar-refractivity contribution >= 4 is 6.09 Å². The van der Waals surface area contributed by atoms with E-state index >= 15 is 0 Å². The van der Waals surface area contributed by atoms with Crippen LogP contribution in [0.1, 0.15) is 33.3 Å². The highest BCUT2D eigenvalue weighted by Crippen LogP contribution is 2.18. The van der Waals surface area contributed by atoms with Crippen LogP contribution >= 0.6 is 0 Å². The Balaban J connectivity index is 2.42. The minimum Gasteiger partial charge on any atom is -0.508 e. The molecule has 5 nitrogen and oxygen atoms in total. The van der Waals surface area contributed by atoms with Gasteiger partial charge in [0.15, 0.2) is 0 Å². The fourth-order valence-electron chi connectivity index (χ4n) is 1.75. The molecule has 2 N–H and O–H groups in total. The third-order valence-corrected chi connectivity index (χ3v) is 2.57. The SMILES string of the molecule is CC(CN(F)Cc1ccccc1O)NC(=O)OC(C)(C)C. The molecule has 0 radical (unpaired) electrons. The van der Waals surface area contributed by atoms with Crippen molar-refractivity contribution in [2.75, 3.05) is 6.54 Å². The summed E-state index contributed by atoms with van der Waals surface area (Å²) in [6.07, 6.45) is -0.578. The lowest BCUT2D eigenvalue weighted by Gasteiger charge is -2.23. The Morgan fingerprint density at radius 1 is 1.43 bits per heavy atom. The quantitative estimate of drug-likeness (QED) is 0.820. The maximum atomic E-state index is 13.8. The molecular formula is C15H23FN2O3. The maximum absolute atomic E-state index is 13.8. The summed E-state index contributed by atoms with van der Waals surface area (Å²) in [5.41, 5.74) is -0.0980. The van der Waals surface area contributed by atoms with Crippen LogP contribution in [0.2, 0.25) is 0 Å². The smallest absolute Gasteiger partial charge is 0.407 e. The van der Waals surface area contributed by atoms with Gasteiger partial charge in [-0.1, -0.05) is 18.2 Å². The van der Waals surface area contributed by atoms with E-state index in [9.17, 15) is 14.4 Å². The molecule has 1 amide bonds. The molecule has 1 atom stereocenters. The summed E-state index contributed by atoms with van der Waals surface area (Å²) in [5.74, 6) is 0.0490. The van der Waals surface area contributed by atoms with E-state index in [1.165, 1.54) is 6.07 Å². The Labute approximate surface area is 124 Å². The van der Waals surface area contributed by atoms with Crippen LogP contribution in [0.15, 0.2) is 24.3 Å². The fourth-order valence-corrected chi connectivity index (χ4v) is 1.75. The molecule has 0 fully saturated rings. The summed E-state index contributed by atoms with van der Waals surface area (Å²) in [5, 5.41) is 12.7. The number of nitrogens with one attached hydrogen (secondary N) is 1. The van der Waals surface area contributed by atoms with Gasteiger partial charge in [-0.25, -0.2) is 4.79 Å². The van der Waals surface area contributed by atoms with Crippen LogP contribution in [0.25, 0.3) is 0 Å². The zero-order valence-electron chi connectivity index (χ0n) is 12.9. The van der Waals surface area contributed by atoms with Gasteiger partial charge in [0, 0.05) is 18.2 Å². The summed E-state index contributed by atoms with van der Waals surface area (Å²) in [6, 6.07) is 6.13. The number of amides is 1. The molecular weight excluding hydrogens is 275 g/mol. The van der Waals surface area contributed by atoms with Gasteiger partial charge in [0.05, 0.1) is 6.54 Å². The number of ether oxygens (including phenoxy) is 1. The summed E-state index contributed by atoms with van der Waals surface area (Å²) >= 11 is 0. The lowest BCUT2D eigenvalue weighted by atomic mass is 10.2. The minimum atomic E-state index is -0.588. The molecule has 0 bridgehead atoms.